The number of nitrogens with zero attached hydrogens (tertiary/aromatic N) is 4. The standard InChI is InChI=1S/C16H10F3N5S/c17-16(18,19)12-6-13(10-4-2-1-3-5-10)24-15(11(12)7-20)25-8-14(22)23-9-21/h1-6H,8H2,(H2,22,23). The summed E-state index contributed by atoms with van der Waals surface area (Å²) in [7, 11) is 0. The number of rotatable bonds is 4. The van der Waals surface area contributed by atoms with Gasteiger partial charge in [0, 0.05) is 5.56 Å². The zero-order valence-corrected chi connectivity index (χ0v) is 13.4. The van der Waals surface area contributed by atoms with Crippen LogP contribution < -0.4 is 5.73 Å². The third kappa shape index (κ3) is 4.49. The molecule has 0 saturated heterocycles. The number of pyridine rings is 1. The zero-order chi connectivity index (χ0) is 18.4. The summed E-state index contributed by atoms with van der Waals surface area (Å²) in [5.41, 5.74) is 4.39. The van der Waals surface area contributed by atoms with Gasteiger partial charge in [0.2, 0.25) is 6.19 Å². The maximum atomic E-state index is 13.4. The Morgan fingerprint density at radius 2 is 1.92 bits per heavy atom. The second kappa shape index (κ2) is 7.69. The number of amidine groups is 1. The van der Waals surface area contributed by atoms with E-state index in [2.05, 4.69) is 9.98 Å². The summed E-state index contributed by atoms with van der Waals surface area (Å²) in [6, 6.07) is 10.7. The number of nitriles is 2. The van der Waals surface area contributed by atoms with Crippen molar-refractivity contribution in [2.24, 2.45) is 10.7 Å². The van der Waals surface area contributed by atoms with Gasteiger partial charge >= 0.3 is 6.18 Å². The average Bonchev–Trinajstić information content (AvgIpc) is 2.59. The highest BCUT2D eigenvalue weighted by Crippen LogP contribution is 2.37. The Morgan fingerprint density at radius 3 is 2.48 bits per heavy atom. The van der Waals surface area contributed by atoms with Crippen molar-refractivity contribution in [3.63, 3.8) is 0 Å². The molecule has 0 atom stereocenters. The summed E-state index contributed by atoms with van der Waals surface area (Å²) < 4.78 is 40.1. The quantitative estimate of drug-likeness (QED) is 0.388. The van der Waals surface area contributed by atoms with Crippen molar-refractivity contribution >= 4 is 17.6 Å². The first-order valence-electron chi connectivity index (χ1n) is 6.78. The molecule has 126 valence electrons. The van der Waals surface area contributed by atoms with E-state index in [9.17, 15) is 18.4 Å². The normalized spacial score (nSPS) is 11.6. The molecule has 0 radical (unpaired) electrons. The third-order valence-electron chi connectivity index (χ3n) is 3.02. The lowest BCUT2D eigenvalue weighted by molar-refractivity contribution is -0.138. The van der Waals surface area contributed by atoms with Crippen LogP contribution in [-0.4, -0.2) is 16.6 Å². The summed E-state index contributed by atoms with van der Waals surface area (Å²) >= 11 is 0.818. The second-order valence-electron chi connectivity index (χ2n) is 4.70. The molecule has 0 bridgehead atoms. The van der Waals surface area contributed by atoms with Gasteiger partial charge in [-0.3, -0.25) is 0 Å². The molecule has 0 aliphatic carbocycles. The van der Waals surface area contributed by atoms with E-state index in [1.54, 1.807) is 36.4 Å². The number of nitrogens with two attached hydrogens (primary N) is 1. The van der Waals surface area contributed by atoms with Crippen LogP contribution in [0.15, 0.2) is 46.4 Å². The fourth-order valence-corrected chi connectivity index (χ4v) is 2.77. The van der Waals surface area contributed by atoms with Crippen LogP contribution in [0.4, 0.5) is 13.2 Å². The Bertz CT molecular complexity index is 880. The number of aliphatic imine (C=N–C) groups is 1. The largest absolute Gasteiger partial charge is 0.417 e. The smallest absolute Gasteiger partial charge is 0.386 e. The number of thioether (sulfide) groups is 1. The van der Waals surface area contributed by atoms with Crippen molar-refractivity contribution < 1.29 is 13.2 Å². The molecule has 0 saturated carbocycles. The molecule has 0 fully saturated rings. The van der Waals surface area contributed by atoms with Crippen LogP contribution in [0.2, 0.25) is 0 Å². The van der Waals surface area contributed by atoms with Crippen LogP contribution in [0.25, 0.3) is 11.3 Å². The third-order valence-corrected chi connectivity index (χ3v) is 4.03. The molecule has 25 heavy (non-hydrogen) atoms. The van der Waals surface area contributed by atoms with Crippen molar-refractivity contribution in [1.29, 1.82) is 10.5 Å². The maximum Gasteiger partial charge on any atom is 0.417 e. The van der Waals surface area contributed by atoms with Gasteiger partial charge in [-0.25, -0.2) is 4.98 Å². The predicted octanol–water partition coefficient (Wildman–Crippen LogP) is 3.57. The molecule has 9 heteroatoms. The van der Waals surface area contributed by atoms with Crippen LogP contribution in [-0.2, 0) is 6.18 Å². The molecule has 1 aromatic heterocycles. The maximum absolute atomic E-state index is 13.4. The molecule has 1 aromatic carbocycles. The van der Waals surface area contributed by atoms with Gasteiger partial charge in [-0.15, -0.1) is 0 Å². The van der Waals surface area contributed by atoms with E-state index in [0.29, 0.717) is 5.56 Å². The molecule has 0 aliphatic rings. The van der Waals surface area contributed by atoms with Gasteiger partial charge in [-0.2, -0.15) is 28.7 Å². The molecule has 1 heterocycles. The first-order valence-corrected chi connectivity index (χ1v) is 7.77. The Balaban J connectivity index is 2.58. The molecule has 0 unspecified atom stereocenters. The summed E-state index contributed by atoms with van der Waals surface area (Å²) in [5.74, 6) is -0.137. The van der Waals surface area contributed by atoms with Crippen molar-refractivity contribution in [3.05, 3.63) is 47.5 Å². The number of hydrogen-bond acceptors (Lipinski definition) is 5. The Kier molecular flexibility index (Phi) is 5.63. The molecule has 0 spiro atoms. The first-order chi connectivity index (χ1) is 11.9. The van der Waals surface area contributed by atoms with E-state index in [4.69, 9.17) is 11.0 Å². The molecule has 2 aromatic rings. The topological polar surface area (TPSA) is 98.8 Å². The minimum atomic E-state index is -4.71. The van der Waals surface area contributed by atoms with Gasteiger partial charge in [0.15, 0.2) is 0 Å². The van der Waals surface area contributed by atoms with E-state index >= 15 is 0 Å². The van der Waals surface area contributed by atoms with Gasteiger partial charge in [0.25, 0.3) is 0 Å². The molecular formula is C16H10F3N5S. The number of benzene rings is 1. The molecular weight excluding hydrogens is 351 g/mol. The minimum absolute atomic E-state index is 0.0647. The SMILES string of the molecule is N#CN=C(N)CSc1nc(-c2ccccc2)cc(C(F)(F)F)c1C#N. The van der Waals surface area contributed by atoms with Gasteiger partial charge in [-0.1, -0.05) is 42.1 Å². The van der Waals surface area contributed by atoms with Crippen molar-refractivity contribution in [2.75, 3.05) is 5.75 Å². The first kappa shape index (κ1) is 18.3. The van der Waals surface area contributed by atoms with E-state index in [1.807, 2.05) is 0 Å². The molecule has 0 amide bonds. The fourth-order valence-electron chi connectivity index (χ4n) is 1.95. The highest BCUT2D eigenvalue weighted by molar-refractivity contribution is 8.00. The highest BCUT2D eigenvalue weighted by Gasteiger charge is 2.36. The van der Waals surface area contributed by atoms with Crippen molar-refractivity contribution in [3.8, 4) is 23.5 Å². The Morgan fingerprint density at radius 1 is 1.24 bits per heavy atom. The lowest BCUT2D eigenvalue weighted by Crippen LogP contribution is -2.15. The number of alkyl halides is 3. The van der Waals surface area contributed by atoms with E-state index in [0.717, 1.165) is 17.8 Å². The van der Waals surface area contributed by atoms with E-state index < -0.39 is 17.3 Å². The summed E-state index contributed by atoms with van der Waals surface area (Å²) in [5, 5.41) is 17.5. The van der Waals surface area contributed by atoms with Crippen LogP contribution in [0.1, 0.15) is 11.1 Å². The molecule has 5 nitrogen and oxygen atoms in total. The average molecular weight is 361 g/mol. The molecule has 2 N–H and O–H groups in total. The Labute approximate surface area is 145 Å². The van der Waals surface area contributed by atoms with Crippen LogP contribution in [0.3, 0.4) is 0 Å². The lowest BCUT2D eigenvalue weighted by Gasteiger charge is -2.14. The summed E-state index contributed by atoms with van der Waals surface area (Å²) in [6.45, 7) is 0. The minimum Gasteiger partial charge on any atom is -0.386 e. The van der Waals surface area contributed by atoms with Gasteiger partial charge < -0.3 is 5.73 Å². The number of halogens is 3. The Hall–Kier alpha value is -3.04. The number of hydrogen-bond donors (Lipinski definition) is 1. The monoisotopic (exact) mass is 361 g/mol. The van der Waals surface area contributed by atoms with Crippen molar-refractivity contribution in [1.82, 2.24) is 4.98 Å². The zero-order valence-electron chi connectivity index (χ0n) is 12.6. The van der Waals surface area contributed by atoms with Crippen LogP contribution in [0.5, 0.6) is 0 Å². The number of aromatic nitrogens is 1. The predicted molar refractivity (Wildman–Crippen MR) is 87.3 cm³/mol. The van der Waals surface area contributed by atoms with Crippen molar-refractivity contribution in [2.45, 2.75) is 11.2 Å². The van der Waals surface area contributed by atoms with Gasteiger partial charge in [0.1, 0.15) is 16.9 Å². The van der Waals surface area contributed by atoms with E-state index in [1.165, 1.54) is 6.19 Å². The molecule has 2 rings (SSSR count). The van der Waals surface area contributed by atoms with Crippen LogP contribution in [0, 0.1) is 22.8 Å². The summed E-state index contributed by atoms with van der Waals surface area (Å²) in [4.78, 5) is 7.46. The van der Waals surface area contributed by atoms with Gasteiger partial charge in [0.05, 0.1) is 22.6 Å². The highest BCUT2D eigenvalue weighted by atomic mass is 32.2. The van der Waals surface area contributed by atoms with E-state index in [-0.39, 0.29) is 22.3 Å². The lowest BCUT2D eigenvalue weighted by atomic mass is 10.1. The molecule has 0 aliphatic heterocycles. The van der Waals surface area contributed by atoms with Crippen LogP contribution >= 0.6 is 11.8 Å². The second-order valence-corrected chi connectivity index (χ2v) is 5.67. The fraction of sp³-hybridized carbons (Fsp3) is 0.125. The van der Waals surface area contributed by atoms with Gasteiger partial charge in [-0.05, 0) is 6.07 Å². The summed E-state index contributed by atoms with van der Waals surface area (Å²) in [6.07, 6.45) is -3.22.